The van der Waals surface area contributed by atoms with Crippen LogP contribution in [0, 0.1) is 0 Å². The summed E-state index contributed by atoms with van der Waals surface area (Å²) in [5.74, 6) is -1.45. The molecule has 0 heterocycles. The smallest absolute Gasteiger partial charge is 0.362 e. The standard InChI is InChI=1S/C44H85NO7/c1-6-8-10-12-14-16-18-19-20-21-22-23-24-25-27-29-31-33-35-43(47)52-40(38-50-37-36-41(44(48)49)45(3,4)5)39-51-42(46)34-32-30-28-26-17-15-13-11-9-7-2/h40-41H,6-39H2,1-5H3/p+1. The maximum Gasteiger partial charge on any atom is 0.362 e. The Hall–Kier alpha value is -1.67. The van der Waals surface area contributed by atoms with E-state index in [1.54, 1.807) is 0 Å². The van der Waals surface area contributed by atoms with Crippen LogP contribution >= 0.6 is 0 Å². The van der Waals surface area contributed by atoms with Gasteiger partial charge in [0, 0.05) is 19.3 Å². The van der Waals surface area contributed by atoms with E-state index in [1.165, 1.54) is 141 Å². The zero-order chi connectivity index (χ0) is 38.5. The van der Waals surface area contributed by atoms with Crippen LogP contribution in [-0.4, -0.2) is 80.6 Å². The quantitative estimate of drug-likeness (QED) is 0.0379. The normalized spacial score (nSPS) is 12.9. The lowest BCUT2D eigenvalue weighted by molar-refractivity contribution is -0.887. The molecule has 0 saturated carbocycles. The SMILES string of the molecule is CCCCCCCCCCCCCCCCCCCCC(=O)OC(COCCC(C(=O)O)[N+](C)(C)C)COC(=O)CCCCCCCCCCCC. The highest BCUT2D eigenvalue weighted by Gasteiger charge is 2.31. The van der Waals surface area contributed by atoms with E-state index in [-0.39, 0.29) is 36.2 Å². The number of carbonyl (C=O) groups excluding carboxylic acids is 2. The van der Waals surface area contributed by atoms with Gasteiger partial charge in [-0.1, -0.05) is 181 Å². The highest BCUT2D eigenvalue weighted by Crippen LogP contribution is 2.16. The molecule has 2 unspecified atom stereocenters. The van der Waals surface area contributed by atoms with Crippen LogP contribution in [0.25, 0.3) is 0 Å². The zero-order valence-corrected chi connectivity index (χ0v) is 35.0. The van der Waals surface area contributed by atoms with Gasteiger partial charge < -0.3 is 23.8 Å². The molecule has 0 aromatic heterocycles. The number of rotatable bonds is 40. The van der Waals surface area contributed by atoms with Crippen LogP contribution in [0.5, 0.6) is 0 Å². The molecule has 0 radical (unpaired) electrons. The second-order valence-electron chi connectivity index (χ2n) is 16.3. The Morgan fingerprint density at radius 2 is 0.846 bits per heavy atom. The first-order valence-corrected chi connectivity index (χ1v) is 22.1. The lowest BCUT2D eigenvalue weighted by Crippen LogP contribution is -2.50. The first kappa shape index (κ1) is 50.3. The van der Waals surface area contributed by atoms with Gasteiger partial charge in [0.25, 0.3) is 0 Å². The topological polar surface area (TPSA) is 99.1 Å². The van der Waals surface area contributed by atoms with Gasteiger partial charge in [0.15, 0.2) is 12.1 Å². The number of likely N-dealkylation sites (N-methyl/N-ethyl adjacent to an activating group) is 1. The molecule has 0 spiro atoms. The summed E-state index contributed by atoms with van der Waals surface area (Å²) in [4.78, 5) is 36.9. The number of hydrogen-bond donors (Lipinski definition) is 1. The van der Waals surface area contributed by atoms with Crippen molar-refractivity contribution in [2.24, 2.45) is 0 Å². The highest BCUT2D eigenvalue weighted by atomic mass is 16.6. The lowest BCUT2D eigenvalue weighted by Gasteiger charge is -2.31. The molecule has 2 atom stereocenters. The van der Waals surface area contributed by atoms with Crippen LogP contribution in [-0.2, 0) is 28.6 Å². The fourth-order valence-electron chi connectivity index (χ4n) is 6.80. The summed E-state index contributed by atoms with van der Waals surface area (Å²) in [6.45, 7) is 4.76. The molecule has 1 N–H and O–H groups in total. The number of carboxylic acids is 1. The molecule has 8 nitrogen and oxygen atoms in total. The van der Waals surface area contributed by atoms with Gasteiger partial charge in [-0.3, -0.25) is 9.59 Å². The average molecular weight is 741 g/mol. The minimum Gasteiger partial charge on any atom is -0.477 e. The maximum atomic E-state index is 12.7. The van der Waals surface area contributed by atoms with Crippen LogP contribution in [0.2, 0.25) is 0 Å². The van der Waals surface area contributed by atoms with E-state index < -0.39 is 18.1 Å². The summed E-state index contributed by atoms with van der Waals surface area (Å²) in [7, 11) is 5.53. The third kappa shape index (κ3) is 34.1. The molecule has 0 aromatic carbocycles. The molecular formula is C44H86NO7+. The van der Waals surface area contributed by atoms with E-state index in [9.17, 15) is 19.5 Å². The molecule has 0 saturated heterocycles. The van der Waals surface area contributed by atoms with Crippen LogP contribution in [0.3, 0.4) is 0 Å². The second-order valence-corrected chi connectivity index (χ2v) is 16.3. The van der Waals surface area contributed by atoms with Gasteiger partial charge >= 0.3 is 17.9 Å². The Labute approximate surface area is 321 Å². The third-order valence-corrected chi connectivity index (χ3v) is 10.3. The Morgan fingerprint density at radius 3 is 1.19 bits per heavy atom. The first-order chi connectivity index (χ1) is 25.1. The molecular weight excluding hydrogens is 654 g/mol. The monoisotopic (exact) mass is 741 g/mol. The lowest BCUT2D eigenvalue weighted by atomic mass is 10.0. The van der Waals surface area contributed by atoms with Crippen molar-refractivity contribution >= 4 is 17.9 Å². The molecule has 0 amide bonds. The van der Waals surface area contributed by atoms with Crippen molar-refractivity contribution < 1.29 is 38.2 Å². The summed E-state index contributed by atoms with van der Waals surface area (Å²) < 4.78 is 17.3. The summed E-state index contributed by atoms with van der Waals surface area (Å²) >= 11 is 0. The molecule has 52 heavy (non-hydrogen) atoms. The van der Waals surface area contributed by atoms with Gasteiger partial charge in [-0.2, -0.15) is 0 Å². The minimum absolute atomic E-state index is 0.0425. The number of ether oxygens (including phenoxy) is 3. The van der Waals surface area contributed by atoms with Crippen LogP contribution in [0.15, 0.2) is 0 Å². The molecule has 0 aliphatic rings. The number of unbranched alkanes of at least 4 members (excludes halogenated alkanes) is 26. The predicted octanol–water partition coefficient (Wildman–Crippen LogP) is 11.8. The maximum absolute atomic E-state index is 12.7. The zero-order valence-electron chi connectivity index (χ0n) is 35.0. The number of esters is 2. The number of nitrogens with zero attached hydrogens (tertiary/aromatic N) is 1. The third-order valence-electron chi connectivity index (χ3n) is 10.3. The van der Waals surface area contributed by atoms with E-state index in [0.29, 0.717) is 19.3 Å². The molecule has 0 aliphatic carbocycles. The molecule has 308 valence electrons. The minimum atomic E-state index is -0.871. The number of carboxylic acid groups (broad SMARTS) is 1. The first-order valence-electron chi connectivity index (χ1n) is 22.1. The number of quaternary nitrogens is 1. The van der Waals surface area contributed by atoms with Crippen molar-refractivity contribution in [1.29, 1.82) is 0 Å². The summed E-state index contributed by atoms with van der Waals surface area (Å²) in [6.07, 6.45) is 35.7. The van der Waals surface area contributed by atoms with Gasteiger partial charge in [0.1, 0.15) is 6.61 Å². The molecule has 8 heteroatoms. The Morgan fingerprint density at radius 1 is 0.500 bits per heavy atom. The van der Waals surface area contributed by atoms with Gasteiger partial charge in [-0.05, 0) is 12.8 Å². The second kappa shape index (κ2) is 36.3. The van der Waals surface area contributed by atoms with Crippen molar-refractivity contribution in [3.63, 3.8) is 0 Å². The Balaban J connectivity index is 4.25. The van der Waals surface area contributed by atoms with Crippen molar-refractivity contribution in [2.75, 3.05) is 41.0 Å². The van der Waals surface area contributed by atoms with E-state index in [2.05, 4.69) is 13.8 Å². The number of carbonyl (C=O) groups is 3. The van der Waals surface area contributed by atoms with Crippen molar-refractivity contribution in [1.82, 2.24) is 0 Å². The number of aliphatic carboxylic acids is 1. The van der Waals surface area contributed by atoms with E-state index in [0.717, 1.165) is 38.5 Å². The van der Waals surface area contributed by atoms with E-state index in [4.69, 9.17) is 14.2 Å². The predicted molar refractivity (Wildman–Crippen MR) is 216 cm³/mol. The Kier molecular flexibility index (Phi) is 35.1. The largest absolute Gasteiger partial charge is 0.477 e. The van der Waals surface area contributed by atoms with Gasteiger partial charge in [-0.15, -0.1) is 0 Å². The van der Waals surface area contributed by atoms with E-state index in [1.807, 2.05) is 21.1 Å². The Bertz CT molecular complexity index is 828. The summed E-state index contributed by atoms with van der Waals surface area (Å²) in [6, 6.07) is -0.607. The van der Waals surface area contributed by atoms with Crippen LogP contribution in [0.1, 0.15) is 213 Å². The molecule has 0 aromatic rings. The van der Waals surface area contributed by atoms with Gasteiger partial charge in [0.2, 0.25) is 0 Å². The van der Waals surface area contributed by atoms with Gasteiger partial charge in [0.05, 0.1) is 34.4 Å². The summed E-state index contributed by atoms with van der Waals surface area (Å²) in [5, 5.41) is 9.60. The van der Waals surface area contributed by atoms with Crippen molar-refractivity contribution in [2.45, 2.75) is 225 Å². The van der Waals surface area contributed by atoms with Crippen molar-refractivity contribution in [3.8, 4) is 0 Å². The highest BCUT2D eigenvalue weighted by molar-refractivity contribution is 5.72. The van der Waals surface area contributed by atoms with Crippen LogP contribution < -0.4 is 0 Å². The fourth-order valence-corrected chi connectivity index (χ4v) is 6.80. The molecule has 0 rings (SSSR count). The van der Waals surface area contributed by atoms with Gasteiger partial charge in [-0.25, -0.2) is 4.79 Å². The van der Waals surface area contributed by atoms with E-state index >= 15 is 0 Å². The molecule has 0 bridgehead atoms. The van der Waals surface area contributed by atoms with Crippen LogP contribution in [0.4, 0.5) is 0 Å². The fraction of sp³-hybridized carbons (Fsp3) is 0.932. The number of hydrogen-bond acceptors (Lipinski definition) is 6. The van der Waals surface area contributed by atoms with Crippen molar-refractivity contribution in [3.05, 3.63) is 0 Å². The molecule has 0 aliphatic heterocycles. The summed E-state index contributed by atoms with van der Waals surface area (Å²) in [5.41, 5.74) is 0. The molecule has 0 fully saturated rings. The average Bonchev–Trinajstić information content (AvgIpc) is 3.09.